The molecular weight excluding hydrogens is 194 g/mol. The molecule has 0 spiro atoms. The first-order valence-electron chi connectivity index (χ1n) is 3.56. The number of hydrogen-bond acceptors (Lipinski definition) is 4. The molecule has 0 bridgehead atoms. The lowest BCUT2D eigenvalue weighted by molar-refractivity contribution is -0.137. The van der Waals surface area contributed by atoms with Crippen molar-refractivity contribution in [2.24, 2.45) is 0 Å². The Morgan fingerprint density at radius 1 is 1.69 bits per heavy atom. The smallest absolute Gasteiger partial charge is 0.325 e. The lowest BCUT2D eigenvalue weighted by Gasteiger charge is -2.08. The molecule has 1 rings (SSSR count). The van der Waals surface area contributed by atoms with E-state index in [4.69, 9.17) is 16.7 Å². The summed E-state index contributed by atoms with van der Waals surface area (Å²) in [5.74, 6) is -0.551. The number of nitrogens with zero attached hydrogens (tertiary/aromatic N) is 2. The van der Waals surface area contributed by atoms with E-state index >= 15 is 0 Å². The number of carboxylic acids is 1. The maximum absolute atomic E-state index is 10.4. The molecule has 0 radical (unpaired) electrons. The van der Waals surface area contributed by atoms with Crippen LogP contribution in [0.5, 0.6) is 0 Å². The van der Waals surface area contributed by atoms with Gasteiger partial charge in [-0.25, -0.2) is 9.97 Å². The van der Waals surface area contributed by atoms with Crippen molar-refractivity contribution in [2.75, 3.05) is 5.32 Å². The molecule has 13 heavy (non-hydrogen) atoms. The molecule has 0 aliphatic carbocycles. The largest absolute Gasteiger partial charge is 0.480 e. The van der Waals surface area contributed by atoms with E-state index in [2.05, 4.69) is 15.3 Å². The molecular formula is C7H8ClN3O2. The average Bonchev–Trinajstić information content (AvgIpc) is 2.04. The number of anilines is 1. The number of aromatic nitrogens is 2. The zero-order chi connectivity index (χ0) is 9.84. The van der Waals surface area contributed by atoms with Crippen molar-refractivity contribution < 1.29 is 9.90 Å². The first-order chi connectivity index (χ1) is 6.09. The fraction of sp³-hybridized carbons (Fsp3) is 0.286. The number of nitrogens with one attached hydrogen (secondary N) is 1. The third-order valence-electron chi connectivity index (χ3n) is 1.37. The van der Waals surface area contributed by atoms with Crippen molar-refractivity contribution in [3.8, 4) is 0 Å². The van der Waals surface area contributed by atoms with Gasteiger partial charge >= 0.3 is 5.97 Å². The van der Waals surface area contributed by atoms with Crippen molar-refractivity contribution in [3.05, 3.63) is 17.5 Å². The number of rotatable bonds is 3. The van der Waals surface area contributed by atoms with Gasteiger partial charge in [0.05, 0.1) is 0 Å². The maximum Gasteiger partial charge on any atom is 0.325 e. The van der Waals surface area contributed by atoms with Crippen LogP contribution in [-0.4, -0.2) is 27.1 Å². The predicted molar refractivity (Wildman–Crippen MR) is 47.8 cm³/mol. The molecule has 1 aromatic rings. The average molecular weight is 202 g/mol. The van der Waals surface area contributed by atoms with E-state index in [1.807, 2.05) is 0 Å². The summed E-state index contributed by atoms with van der Waals surface area (Å²) in [6.07, 6.45) is 1.26. The van der Waals surface area contributed by atoms with Crippen molar-refractivity contribution >= 4 is 23.4 Å². The van der Waals surface area contributed by atoms with Crippen LogP contribution in [0.25, 0.3) is 0 Å². The second-order valence-corrected chi connectivity index (χ2v) is 2.82. The summed E-state index contributed by atoms with van der Waals surface area (Å²) in [5, 5.41) is 11.5. The van der Waals surface area contributed by atoms with Crippen molar-refractivity contribution in [1.82, 2.24) is 9.97 Å². The van der Waals surface area contributed by atoms with E-state index in [9.17, 15) is 4.79 Å². The van der Waals surface area contributed by atoms with Crippen molar-refractivity contribution in [2.45, 2.75) is 13.0 Å². The lowest BCUT2D eigenvalue weighted by Crippen LogP contribution is -2.25. The van der Waals surface area contributed by atoms with Gasteiger partial charge in [-0.05, 0) is 6.92 Å². The van der Waals surface area contributed by atoms with Gasteiger partial charge in [-0.3, -0.25) is 4.79 Å². The highest BCUT2D eigenvalue weighted by Crippen LogP contribution is 2.09. The third-order valence-corrected chi connectivity index (χ3v) is 1.58. The van der Waals surface area contributed by atoms with Gasteiger partial charge in [0.25, 0.3) is 0 Å². The lowest BCUT2D eigenvalue weighted by atomic mass is 10.3. The van der Waals surface area contributed by atoms with Crippen LogP contribution < -0.4 is 5.32 Å². The molecule has 0 aromatic carbocycles. The monoisotopic (exact) mass is 201 g/mol. The number of hydrogen-bond donors (Lipinski definition) is 2. The second kappa shape index (κ2) is 4.04. The zero-order valence-electron chi connectivity index (χ0n) is 6.86. The van der Waals surface area contributed by atoms with E-state index in [-0.39, 0.29) is 5.15 Å². The van der Waals surface area contributed by atoms with Crippen LogP contribution in [0.4, 0.5) is 5.82 Å². The summed E-state index contributed by atoms with van der Waals surface area (Å²) in [6.45, 7) is 1.51. The molecule has 0 aliphatic heterocycles. The molecule has 1 unspecified atom stereocenters. The summed E-state index contributed by atoms with van der Waals surface area (Å²) in [4.78, 5) is 17.9. The Labute approximate surface area is 79.8 Å². The fourth-order valence-electron chi connectivity index (χ4n) is 0.696. The Morgan fingerprint density at radius 3 is 2.92 bits per heavy atom. The first kappa shape index (κ1) is 9.73. The molecule has 1 atom stereocenters. The molecule has 6 heteroatoms. The minimum absolute atomic E-state index is 0.273. The molecule has 0 saturated carbocycles. The molecule has 0 aliphatic rings. The molecule has 0 fully saturated rings. The number of carbonyl (C=O) groups is 1. The Kier molecular flexibility index (Phi) is 3.02. The van der Waals surface area contributed by atoms with Crippen LogP contribution >= 0.6 is 11.6 Å². The SMILES string of the molecule is CC(Nc1cc(Cl)ncn1)C(=O)O. The molecule has 5 nitrogen and oxygen atoms in total. The zero-order valence-corrected chi connectivity index (χ0v) is 7.62. The van der Waals surface area contributed by atoms with Crippen LogP contribution in [0, 0.1) is 0 Å². The van der Waals surface area contributed by atoms with Gasteiger partial charge in [0.15, 0.2) is 0 Å². The summed E-state index contributed by atoms with van der Waals surface area (Å²) in [6, 6.07) is 0.757. The number of halogens is 1. The summed E-state index contributed by atoms with van der Waals surface area (Å²) in [7, 11) is 0. The minimum Gasteiger partial charge on any atom is -0.480 e. The molecule has 2 N–H and O–H groups in total. The Hall–Kier alpha value is -1.36. The molecule has 1 aromatic heterocycles. The summed E-state index contributed by atoms with van der Waals surface area (Å²) in [5.41, 5.74) is 0. The van der Waals surface area contributed by atoms with Crippen molar-refractivity contribution in [1.29, 1.82) is 0 Å². The van der Waals surface area contributed by atoms with Crippen molar-refractivity contribution in [3.63, 3.8) is 0 Å². The highest BCUT2D eigenvalue weighted by molar-refractivity contribution is 6.29. The van der Waals surface area contributed by atoms with E-state index in [0.29, 0.717) is 5.82 Å². The number of carboxylic acid groups (broad SMARTS) is 1. The van der Waals surface area contributed by atoms with Gasteiger partial charge < -0.3 is 10.4 Å². The van der Waals surface area contributed by atoms with Crippen LogP contribution in [0.15, 0.2) is 12.4 Å². The molecule has 1 heterocycles. The summed E-state index contributed by atoms with van der Waals surface area (Å²) < 4.78 is 0. The molecule has 0 saturated heterocycles. The Morgan fingerprint density at radius 2 is 2.38 bits per heavy atom. The fourth-order valence-corrected chi connectivity index (χ4v) is 0.843. The second-order valence-electron chi connectivity index (χ2n) is 2.43. The van der Waals surface area contributed by atoms with Gasteiger partial charge in [0, 0.05) is 6.07 Å². The van der Waals surface area contributed by atoms with Gasteiger partial charge in [0.1, 0.15) is 23.3 Å². The molecule has 70 valence electrons. The highest BCUT2D eigenvalue weighted by Gasteiger charge is 2.10. The summed E-state index contributed by atoms with van der Waals surface area (Å²) >= 11 is 5.57. The van der Waals surface area contributed by atoms with Gasteiger partial charge in [-0.2, -0.15) is 0 Å². The number of aliphatic carboxylic acids is 1. The van der Waals surface area contributed by atoms with Gasteiger partial charge in [0.2, 0.25) is 0 Å². The van der Waals surface area contributed by atoms with Crippen LogP contribution in [0.3, 0.4) is 0 Å². The van der Waals surface area contributed by atoms with Crippen LogP contribution in [0.1, 0.15) is 6.92 Å². The minimum atomic E-state index is -0.949. The van der Waals surface area contributed by atoms with Gasteiger partial charge in [-0.1, -0.05) is 11.6 Å². The molecule has 0 amide bonds. The predicted octanol–water partition coefficient (Wildman–Crippen LogP) is 1.01. The van der Waals surface area contributed by atoms with E-state index < -0.39 is 12.0 Å². The van der Waals surface area contributed by atoms with Crippen LogP contribution in [-0.2, 0) is 4.79 Å². The highest BCUT2D eigenvalue weighted by atomic mass is 35.5. The topological polar surface area (TPSA) is 75.1 Å². The van der Waals surface area contributed by atoms with E-state index in [1.165, 1.54) is 19.3 Å². The first-order valence-corrected chi connectivity index (χ1v) is 3.94. The maximum atomic E-state index is 10.4. The Bertz CT molecular complexity index is 318. The Balaban J connectivity index is 2.69. The standard InChI is InChI=1S/C7H8ClN3O2/c1-4(7(12)13)11-6-2-5(8)9-3-10-6/h2-4H,1H3,(H,12,13)(H,9,10,11). The normalized spacial score (nSPS) is 12.2. The van der Waals surface area contributed by atoms with E-state index in [1.54, 1.807) is 0 Å². The van der Waals surface area contributed by atoms with E-state index in [0.717, 1.165) is 0 Å². The quantitative estimate of drug-likeness (QED) is 0.714. The van der Waals surface area contributed by atoms with Gasteiger partial charge in [-0.15, -0.1) is 0 Å². The van der Waals surface area contributed by atoms with Crippen LogP contribution in [0.2, 0.25) is 5.15 Å². The third kappa shape index (κ3) is 2.87.